The smallest absolute Gasteiger partial charge is 0.256 e. The lowest BCUT2D eigenvalue weighted by Gasteiger charge is -2.24. The minimum atomic E-state index is -0.573. The lowest BCUT2D eigenvalue weighted by atomic mass is 10.1. The van der Waals surface area contributed by atoms with Crippen molar-refractivity contribution in [2.24, 2.45) is 0 Å². The van der Waals surface area contributed by atoms with E-state index in [0.29, 0.717) is 22.9 Å². The van der Waals surface area contributed by atoms with Crippen molar-refractivity contribution >= 4 is 28.4 Å². The van der Waals surface area contributed by atoms with Gasteiger partial charge in [-0.1, -0.05) is 12.1 Å². The van der Waals surface area contributed by atoms with E-state index in [2.05, 4.69) is 20.6 Å². The molecule has 0 spiro atoms. The van der Waals surface area contributed by atoms with Gasteiger partial charge in [0, 0.05) is 31.4 Å². The number of hydrogen-bond donors (Lipinski definition) is 2. The zero-order valence-electron chi connectivity index (χ0n) is 17.0. The number of aromatic nitrogens is 2. The number of ether oxygens (including phenoxy) is 1. The summed E-state index contributed by atoms with van der Waals surface area (Å²) in [5.41, 5.74) is 1.22. The van der Waals surface area contributed by atoms with Gasteiger partial charge in [0.25, 0.3) is 5.91 Å². The van der Waals surface area contributed by atoms with Crippen LogP contribution in [-0.2, 0) is 0 Å². The van der Waals surface area contributed by atoms with E-state index in [1.54, 1.807) is 26.4 Å². The number of hydrogen-bond acceptors (Lipinski definition) is 6. The monoisotopic (exact) mass is 409 g/mol. The number of halogens is 1. The summed E-state index contributed by atoms with van der Waals surface area (Å²) in [6, 6.07) is 10.0. The number of nitrogens with one attached hydrogen (secondary N) is 2. The number of carbonyl (C=O) groups excluding carboxylic acids is 1. The van der Waals surface area contributed by atoms with Gasteiger partial charge in [0.05, 0.1) is 5.56 Å². The maximum absolute atomic E-state index is 14.1. The molecule has 4 rings (SSSR count). The van der Waals surface area contributed by atoms with Crippen LogP contribution in [0.15, 0.2) is 42.6 Å². The highest BCUT2D eigenvalue weighted by molar-refractivity contribution is 5.95. The molecule has 0 atom stereocenters. The molecule has 2 aromatic carbocycles. The van der Waals surface area contributed by atoms with Crippen molar-refractivity contribution in [1.82, 2.24) is 20.2 Å². The van der Waals surface area contributed by atoms with Crippen molar-refractivity contribution in [2.75, 3.05) is 32.5 Å². The first-order valence-electron chi connectivity index (χ1n) is 9.92. The summed E-state index contributed by atoms with van der Waals surface area (Å²) in [7, 11) is 3.16. The number of nitrogens with zero attached hydrogens (tertiary/aromatic N) is 3. The first kappa shape index (κ1) is 20.0. The molecule has 1 amide bonds. The highest BCUT2D eigenvalue weighted by atomic mass is 19.1. The van der Waals surface area contributed by atoms with E-state index < -0.39 is 11.7 Å². The second kappa shape index (κ2) is 8.62. The van der Waals surface area contributed by atoms with Crippen LogP contribution < -0.4 is 15.4 Å². The Morgan fingerprint density at radius 1 is 1.23 bits per heavy atom. The summed E-state index contributed by atoms with van der Waals surface area (Å²) in [5.74, 6) is 0.0794. The molecular formula is C22H24FN5O2. The lowest BCUT2D eigenvalue weighted by molar-refractivity contribution is 0.0823. The molecule has 0 radical (unpaired) electrons. The summed E-state index contributed by atoms with van der Waals surface area (Å²) in [6.07, 6.45) is 3.77. The van der Waals surface area contributed by atoms with Crippen molar-refractivity contribution in [2.45, 2.75) is 18.9 Å². The van der Waals surface area contributed by atoms with Gasteiger partial charge in [0.15, 0.2) is 0 Å². The van der Waals surface area contributed by atoms with Crippen LogP contribution in [-0.4, -0.2) is 54.1 Å². The van der Waals surface area contributed by atoms with Crippen LogP contribution in [0.2, 0.25) is 0 Å². The van der Waals surface area contributed by atoms with Gasteiger partial charge in [-0.3, -0.25) is 4.79 Å². The number of rotatable bonds is 5. The van der Waals surface area contributed by atoms with Gasteiger partial charge >= 0.3 is 0 Å². The number of anilines is 2. The fourth-order valence-electron chi connectivity index (χ4n) is 3.41. The molecule has 3 aromatic rings. The molecule has 0 aliphatic carbocycles. The molecule has 156 valence electrons. The van der Waals surface area contributed by atoms with E-state index >= 15 is 0 Å². The van der Waals surface area contributed by atoms with Gasteiger partial charge in [-0.15, -0.1) is 0 Å². The van der Waals surface area contributed by atoms with Crippen molar-refractivity contribution in [1.29, 1.82) is 0 Å². The topological polar surface area (TPSA) is 79.4 Å². The van der Waals surface area contributed by atoms with Crippen molar-refractivity contribution in [3.8, 4) is 5.75 Å². The van der Waals surface area contributed by atoms with Crippen LogP contribution in [0.4, 0.5) is 16.0 Å². The summed E-state index contributed by atoms with van der Waals surface area (Å²) < 4.78 is 20.3. The maximum atomic E-state index is 14.1. The third-order valence-electron chi connectivity index (χ3n) is 5.01. The van der Waals surface area contributed by atoms with Gasteiger partial charge in [0.1, 0.15) is 23.2 Å². The minimum Gasteiger partial charge on any atom is -0.488 e. The van der Waals surface area contributed by atoms with Gasteiger partial charge in [-0.05, 0) is 50.2 Å². The third-order valence-corrected chi connectivity index (χ3v) is 5.01. The van der Waals surface area contributed by atoms with E-state index in [4.69, 9.17) is 4.74 Å². The summed E-state index contributed by atoms with van der Waals surface area (Å²) in [6.45, 7) is 1.88. The zero-order chi connectivity index (χ0) is 21.1. The van der Waals surface area contributed by atoms with E-state index in [1.807, 2.05) is 18.2 Å². The van der Waals surface area contributed by atoms with E-state index in [0.717, 1.165) is 31.3 Å². The number of amides is 1. The number of para-hydroxylation sites is 1. The fraction of sp³-hybridized carbons (Fsp3) is 0.318. The molecule has 0 unspecified atom stereocenters. The van der Waals surface area contributed by atoms with E-state index in [-0.39, 0.29) is 11.7 Å². The van der Waals surface area contributed by atoms with Crippen LogP contribution in [0.3, 0.4) is 0 Å². The molecule has 1 aliphatic rings. The molecule has 7 nitrogen and oxygen atoms in total. The second-order valence-corrected chi connectivity index (χ2v) is 7.47. The standard InChI is InChI=1S/C22H24FN5O2/c1-28(2)21(29)17-12-15(6-7-18(17)23)26-22-25-13-14-4-3-5-19(20(14)27-22)30-16-8-10-24-11-9-16/h3-7,12-13,16,24H,8-11H2,1-2H3,(H,25,26,27). The molecule has 2 heterocycles. The molecule has 1 aromatic heterocycles. The molecule has 1 aliphatic heterocycles. The summed E-state index contributed by atoms with van der Waals surface area (Å²) in [5, 5.41) is 7.26. The normalized spacial score (nSPS) is 14.5. The number of piperidine rings is 1. The highest BCUT2D eigenvalue weighted by Crippen LogP contribution is 2.27. The third kappa shape index (κ3) is 4.33. The molecule has 1 saturated heterocycles. The Hall–Kier alpha value is -3.26. The van der Waals surface area contributed by atoms with Gasteiger partial charge in [-0.25, -0.2) is 14.4 Å². The SMILES string of the molecule is CN(C)C(=O)c1cc(Nc2ncc3cccc(OC4CCNCC4)c3n2)ccc1F. The molecule has 30 heavy (non-hydrogen) atoms. The Labute approximate surface area is 174 Å². The van der Waals surface area contributed by atoms with Crippen LogP contribution in [0, 0.1) is 5.82 Å². The molecule has 0 bridgehead atoms. The maximum Gasteiger partial charge on any atom is 0.256 e. The van der Waals surface area contributed by atoms with Crippen molar-refractivity contribution < 1.29 is 13.9 Å². The van der Waals surface area contributed by atoms with Crippen LogP contribution in [0.1, 0.15) is 23.2 Å². The summed E-state index contributed by atoms with van der Waals surface area (Å²) >= 11 is 0. The Morgan fingerprint density at radius 2 is 2.03 bits per heavy atom. The van der Waals surface area contributed by atoms with E-state index in [9.17, 15) is 9.18 Å². The molecule has 0 saturated carbocycles. The Morgan fingerprint density at radius 3 is 2.80 bits per heavy atom. The van der Waals surface area contributed by atoms with Crippen molar-refractivity contribution in [3.05, 3.63) is 54.0 Å². The zero-order valence-corrected chi connectivity index (χ0v) is 17.0. The Bertz CT molecular complexity index is 1070. The largest absolute Gasteiger partial charge is 0.488 e. The number of benzene rings is 2. The molecule has 1 fully saturated rings. The van der Waals surface area contributed by atoms with Gasteiger partial charge in [-0.2, -0.15) is 0 Å². The predicted octanol–water partition coefficient (Wildman–Crippen LogP) is 3.35. The van der Waals surface area contributed by atoms with Crippen molar-refractivity contribution in [3.63, 3.8) is 0 Å². The first-order chi connectivity index (χ1) is 14.5. The average Bonchev–Trinajstić information content (AvgIpc) is 2.75. The molecule has 2 N–H and O–H groups in total. The quantitative estimate of drug-likeness (QED) is 0.673. The van der Waals surface area contributed by atoms with Gasteiger partial charge < -0.3 is 20.3 Å². The first-order valence-corrected chi connectivity index (χ1v) is 9.92. The molecule has 8 heteroatoms. The second-order valence-electron chi connectivity index (χ2n) is 7.47. The Balaban J connectivity index is 1.61. The predicted molar refractivity (Wildman–Crippen MR) is 114 cm³/mol. The fourth-order valence-corrected chi connectivity index (χ4v) is 3.41. The minimum absolute atomic E-state index is 0.0132. The average molecular weight is 409 g/mol. The summed E-state index contributed by atoms with van der Waals surface area (Å²) in [4.78, 5) is 22.5. The van der Waals surface area contributed by atoms with Crippen LogP contribution in [0.25, 0.3) is 10.9 Å². The lowest BCUT2D eigenvalue weighted by Crippen LogP contribution is -2.34. The van der Waals surface area contributed by atoms with Gasteiger partial charge in [0.2, 0.25) is 5.95 Å². The van der Waals surface area contributed by atoms with Crippen LogP contribution >= 0.6 is 0 Å². The molecular weight excluding hydrogens is 385 g/mol. The number of carbonyl (C=O) groups is 1. The Kier molecular flexibility index (Phi) is 5.76. The van der Waals surface area contributed by atoms with E-state index in [1.165, 1.54) is 17.0 Å². The number of fused-ring (bicyclic) bond motifs is 1. The highest BCUT2D eigenvalue weighted by Gasteiger charge is 2.17. The van der Waals surface area contributed by atoms with Crippen LogP contribution in [0.5, 0.6) is 5.75 Å².